The average molecular weight is 537 g/mol. The number of nitrogens with one attached hydrogen (secondary N) is 1. The van der Waals surface area contributed by atoms with Crippen molar-refractivity contribution in [2.24, 2.45) is 0 Å². The summed E-state index contributed by atoms with van der Waals surface area (Å²) < 4.78 is 31.5. The molecule has 0 spiro atoms. The molecule has 2 aliphatic heterocycles. The molecule has 3 heterocycles. The van der Waals surface area contributed by atoms with Gasteiger partial charge in [0.2, 0.25) is 0 Å². The number of aryl methyl sites for hydroxylation is 1. The Kier molecular flexibility index (Phi) is 6.98. The van der Waals surface area contributed by atoms with Crippen LogP contribution < -0.4 is 10.2 Å². The van der Waals surface area contributed by atoms with E-state index in [4.69, 9.17) is 9.72 Å². The Hall–Kier alpha value is -3.33. The van der Waals surface area contributed by atoms with Crippen LogP contribution in [0.4, 0.5) is 16.3 Å². The molecular formula is C29H36N4O4S. The quantitative estimate of drug-likeness (QED) is 0.493. The summed E-state index contributed by atoms with van der Waals surface area (Å²) >= 11 is 0. The zero-order valence-corrected chi connectivity index (χ0v) is 23.3. The van der Waals surface area contributed by atoms with Crippen LogP contribution >= 0.6 is 0 Å². The van der Waals surface area contributed by atoms with Crippen LogP contribution in [0.3, 0.4) is 0 Å². The Morgan fingerprint density at radius 1 is 1.13 bits per heavy atom. The monoisotopic (exact) mass is 536 g/mol. The molecule has 3 aromatic rings. The maximum atomic E-state index is 12.9. The van der Waals surface area contributed by atoms with Gasteiger partial charge >= 0.3 is 6.09 Å². The third-order valence-electron chi connectivity index (χ3n) is 7.11. The van der Waals surface area contributed by atoms with Crippen molar-refractivity contribution in [2.75, 3.05) is 35.6 Å². The number of anilines is 2. The molecule has 0 bridgehead atoms. The first-order valence-corrected chi connectivity index (χ1v) is 14.9. The van der Waals surface area contributed by atoms with Crippen LogP contribution in [0, 0.1) is 6.92 Å². The predicted octanol–water partition coefficient (Wildman–Crippen LogP) is 5.15. The first-order chi connectivity index (χ1) is 18.0. The van der Waals surface area contributed by atoms with Gasteiger partial charge in [0.1, 0.15) is 11.4 Å². The molecule has 2 aromatic carbocycles. The first-order valence-electron chi connectivity index (χ1n) is 13.2. The molecule has 202 valence electrons. The smallest absolute Gasteiger partial charge is 0.410 e. The minimum absolute atomic E-state index is 0.0246. The number of fused-ring (bicyclic) bond motifs is 2. The van der Waals surface area contributed by atoms with E-state index in [0.29, 0.717) is 31.1 Å². The normalized spacial score (nSPS) is 19.2. The highest BCUT2D eigenvalue weighted by molar-refractivity contribution is 7.91. The molecular weight excluding hydrogens is 500 g/mol. The van der Waals surface area contributed by atoms with E-state index < -0.39 is 15.4 Å². The summed E-state index contributed by atoms with van der Waals surface area (Å²) in [6, 6.07) is 15.4. The van der Waals surface area contributed by atoms with Gasteiger partial charge < -0.3 is 19.9 Å². The van der Waals surface area contributed by atoms with E-state index in [1.807, 2.05) is 60.9 Å². The van der Waals surface area contributed by atoms with Crippen LogP contribution in [0.2, 0.25) is 0 Å². The number of amides is 1. The van der Waals surface area contributed by atoms with Gasteiger partial charge in [0.15, 0.2) is 9.84 Å². The van der Waals surface area contributed by atoms with E-state index in [2.05, 4.69) is 18.3 Å². The highest BCUT2D eigenvalue weighted by Gasteiger charge is 2.32. The zero-order valence-electron chi connectivity index (χ0n) is 22.5. The van der Waals surface area contributed by atoms with Crippen molar-refractivity contribution in [1.29, 1.82) is 0 Å². The zero-order chi connectivity index (χ0) is 27.1. The molecule has 1 fully saturated rings. The molecule has 1 saturated heterocycles. The predicted molar refractivity (Wildman–Crippen MR) is 150 cm³/mol. The molecule has 2 aliphatic rings. The molecule has 1 N–H and O–H groups in total. The highest BCUT2D eigenvalue weighted by atomic mass is 32.2. The van der Waals surface area contributed by atoms with Gasteiger partial charge in [-0.15, -0.1) is 0 Å². The summed E-state index contributed by atoms with van der Waals surface area (Å²) in [5, 5.41) is 4.60. The maximum Gasteiger partial charge on any atom is 0.410 e. The Morgan fingerprint density at radius 2 is 1.92 bits per heavy atom. The largest absolute Gasteiger partial charge is 0.444 e. The average Bonchev–Trinajstić information content (AvgIpc) is 3.28. The van der Waals surface area contributed by atoms with Gasteiger partial charge in [-0.05, 0) is 64.3 Å². The van der Waals surface area contributed by atoms with Crippen LogP contribution in [0.5, 0.6) is 0 Å². The number of nitrogens with zero attached hydrogens (tertiary/aromatic N) is 3. The lowest BCUT2D eigenvalue weighted by molar-refractivity contribution is 0.0235. The van der Waals surface area contributed by atoms with Crippen molar-refractivity contribution in [2.45, 2.75) is 63.6 Å². The van der Waals surface area contributed by atoms with E-state index in [1.165, 1.54) is 0 Å². The third kappa shape index (κ3) is 5.57. The minimum atomic E-state index is -3.36. The SMILES string of the molecule is Cc1ccc2nc(N3CCS(=O)(=O)c4ccccc4C3)cc(NCC3CCCN3C(=O)OC(C)(C)C)c2c1. The number of aromatic nitrogens is 1. The summed E-state index contributed by atoms with van der Waals surface area (Å²) in [5.41, 5.74) is 3.13. The molecule has 0 radical (unpaired) electrons. The third-order valence-corrected chi connectivity index (χ3v) is 8.90. The van der Waals surface area contributed by atoms with E-state index in [1.54, 1.807) is 12.1 Å². The maximum absolute atomic E-state index is 12.9. The van der Waals surface area contributed by atoms with Crippen molar-refractivity contribution in [3.63, 3.8) is 0 Å². The number of pyridine rings is 1. The number of ether oxygens (including phenoxy) is 1. The lowest BCUT2D eigenvalue weighted by Gasteiger charge is -2.29. The topological polar surface area (TPSA) is 91.8 Å². The molecule has 9 heteroatoms. The summed E-state index contributed by atoms with van der Waals surface area (Å²) in [4.78, 5) is 22.0. The van der Waals surface area contributed by atoms with Crippen LogP contribution in [-0.4, -0.2) is 61.4 Å². The van der Waals surface area contributed by atoms with Crippen LogP contribution in [0.25, 0.3) is 10.9 Å². The number of sulfone groups is 1. The van der Waals surface area contributed by atoms with Gasteiger partial charge in [-0.3, -0.25) is 0 Å². The van der Waals surface area contributed by atoms with Crippen molar-refractivity contribution in [1.82, 2.24) is 9.88 Å². The second kappa shape index (κ2) is 10.1. The fourth-order valence-corrected chi connectivity index (χ4v) is 6.73. The lowest BCUT2D eigenvalue weighted by Crippen LogP contribution is -2.42. The summed E-state index contributed by atoms with van der Waals surface area (Å²) in [5.74, 6) is 0.763. The van der Waals surface area contributed by atoms with Gasteiger partial charge in [0.25, 0.3) is 0 Å². The van der Waals surface area contributed by atoms with Crippen molar-refractivity contribution in [3.8, 4) is 0 Å². The number of hydrogen-bond acceptors (Lipinski definition) is 7. The fourth-order valence-electron chi connectivity index (χ4n) is 5.23. The molecule has 1 atom stereocenters. The summed E-state index contributed by atoms with van der Waals surface area (Å²) in [6.07, 6.45) is 1.57. The molecule has 0 saturated carbocycles. The van der Waals surface area contributed by atoms with Crippen molar-refractivity contribution < 1.29 is 17.9 Å². The van der Waals surface area contributed by atoms with Gasteiger partial charge in [0.05, 0.1) is 22.2 Å². The number of hydrogen-bond donors (Lipinski definition) is 1. The molecule has 1 unspecified atom stereocenters. The highest BCUT2D eigenvalue weighted by Crippen LogP contribution is 2.32. The fraction of sp³-hybridized carbons (Fsp3) is 0.448. The molecule has 1 aromatic heterocycles. The van der Waals surface area contributed by atoms with E-state index in [0.717, 1.165) is 46.4 Å². The lowest BCUT2D eigenvalue weighted by atomic mass is 10.1. The van der Waals surface area contributed by atoms with Gasteiger partial charge in [-0.1, -0.05) is 29.8 Å². The molecule has 8 nitrogen and oxygen atoms in total. The molecule has 0 aliphatic carbocycles. The number of likely N-dealkylation sites (tertiary alicyclic amines) is 1. The second-order valence-corrected chi connectivity index (χ2v) is 13.3. The Bertz CT molecular complexity index is 1470. The van der Waals surface area contributed by atoms with Gasteiger partial charge in [0, 0.05) is 43.3 Å². The number of carbonyl (C=O) groups is 1. The van der Waals surface area contributed by atoms with Crippen molar-refractivity contribution in [3.05, 3.63) is 59.7 Å². The summed E-state index contributed by atoms with van der Waals surface area (Å²) in [6.45, 7) is 9.79. The Balaban J connectivity index is 1.44. The Labute approximate surface area is 224 Å². The standard InChI is InChI=1S/C29H36N4O4S/c1-20-11-12-24-23(16-20)25(30-18-22-9-7-13-33(22)28(34)37-29(2,3)4)17-27(31-24)32-14-15-38(35,36)26-10-6-5-8-21(26)19-32/h5-6,8,10-12,16-17,22H,7,9,13-15,18-19H2,1-4H3,(H,30,31). The first kappa shape index (κ1) is 26.3. The van der Waals surface area contributed by atoms with Crippen LogP contribution in [0.1, 0.15) is 44.7 Å². The molecule has 1 amide bonds. The molecule has 5 rings (SSSR count). The van der Waals surface area contributed by atoms with Gasteiger partial charge in [-0.25, -0.2) is 18.2 Å². The van der Waals surface area contributed by atoms with E-state index >= 15 is 0 Å². The minimum Gasteiger partial charge on any atom is -0.444 e. The molecule has 38 heavy (non-hydrogen) atoms. The number of benzene rings is 2. The van der Waals surface area contributed by atoms with Crippen LogP contribution in [0.15, 0.2) is 53.4 Å². The van der Waals surface area contributed by atoms with E-state index in [9.17, 15) is 13.2 Å². The van der Waals surface area contributed by atoms with Crippen molar-refractivity contribution >= 4 is 38.3 Å². The summed E-state index contributed by atoms with van der Waals surface area (Å²) in [7, 11) is -3.36. The van der Waals surface area contributed by atoms with Gasteiger partial charge in [-0.2, -0.15) is 0 Å². The van der Waals surface area contributed by atoms with E-state index in [-0.39, 0.29) is 17.9 Å². The second-order valence-electron chi connectivity index (χ2n) is 11.2. The number of carbonyl (C=O) groups excluding carboxylic acids is 1. The van der Waals surface area contributed by atoms with Crippen LogP contribution in [-0.2, 0) is 21.1 Å². The number of rotatable bonds is 4. The Morgan fingerprint density at radius 3 is 2.71 bits per heavy atom.